The Hall–Kier alpha value is -0.120. The molecule has 3 heteroatoms. The smallest absolute Gasteiger partial charge is 0.0613 e. The lowest BCUT2D eigenvalue weighted by Crippen LogP contribution is -2.37. The van der Waals surface area contributed by atoms with Crippen molar-refractivity contribution in [2.45, 2.75) is 44.4 Å². The first-order valence-corrected chi connectivity index (χ1v) is 5.04. The number of hydrogen-bond donors (Lipinski definition) is 1. The number of nitrogens with one attached hydrogen (secondary N) is 1. The quantitative estimate of drug-likeness (QED) is 0.701. The summed E-state index contributed by atoms with van der Waals surface area (Å²) >= 11 is 0. The molecular weight excluding hydrogens is 166 g/mol. The molecule has 1 fully saturated rings. The molecule has 3 unspecified atom stereocenters. The van der Waals surface area contributed by atoms with E-state index in [2.05, 4.69) is 12.2 Å². The van der Waals surface area contributed by atoms with Crippen LogP contribution in [0, 0.1) is 0 Å². The minimum Gasteiger partial charge on any atom is -0.383 e. The van der Waals surface area contributed by atoms with Crippen molar-refractivity contribution in [2.75, 3.05) is 20.8 Å². The van der Waals surface area contributed by atoms with Gasteiger partial charge in [-0.1, -0.05) is 0 Å². The van der Waals surface area contributed by atoms with Crippen LogP contribution < -0.4 is 5.32 Å². The predicted molar refractivity (Wildman–Crippen MR) is 52.9 cm³/mol. The van der Waals surface area contributed by atoms with E-state index in [-0.39, 0.29) is 0 Å². The highest BCUT2D eigenvalue weighted by atomic mass is 16.5. The third-order valence-corrected chi connectivity index (χ3v) is 2.65. The Morgan fingerprint density at radius 3 is 2.69 bits per heavy atom. The van der Waals surface area contributed by atoms with E-state index in [4.69, 9.17) is 9.47 Å². The van der Waals surface area contributed by atoms with E-state index in [1.54, 1.807) is 14.2 Å². The lowest BCUT2D eigenvalue weighted by molar-refractivity contribution is 0.105. The Labute approximate surface area is 80.8 Å². The van der Waals surface area contributed by atoms with Crippen LogP contribution in [0.1, 0.15) is 26.2 Å². The van der Waals surface area contributed by atoms with Crippen LogP contribution in [0.25, 0.3) is 0 Å². The van der Waals surface area contributed by atoms with Gasteiger partial charge in [0.15, 0.2) is 0 Å². The molecule has 3 atom stereocenters. The first-order valence-electron chi connectivity index (χ1n) is 5.04. The summed E-state index contributed by atoms with van der Waals surface area (Å²) in [6.45, 7) is 2.94. The summed E-state index contributed by atoms with van der Waals surface area (Å²) in [6, 6.07) is 1.07. The van der Waals surface area contributed by atoms with Crippen molar-refractivity contribution in [1.82, 2.24) is 5.32 Å². The molecule has 13 heavy (non-hydrogen) atoms. The molecule has 78 valence electrons. The molecule has 1 aliphatic rings. The largest absolute Gasteiger partial charge is 0.383 e. The minimum absolute atomic E-state index is 0.450. The second kappa shape index (κ2) is 5.58. The molecule has 0 aromatic carbocycles. The third-order valence-electron chi connectivity index (χ3n) is 2.65. The number of methoxy groups -OCH3 is 2. The maximum atomic E-state index is 5.31. The van der Waals surface area contributed by atoms with Crippen LogP contribution in [0.5, 0.6) is 0 Å². The summed E-state index contributed by atoms with van der Waals surface area (Å²) in [5.41, 5.74) is 0. The molecule has 1 N–H and O–H groups in total. The van der Waals surface area contributed by atoms with Gasteiger partial charge < -0.3 is 14.8 Å². The third kappa shape index (κ3) is 3.63. The van der Waals surface area contributed by atoms with Gasteiger partial charge in [-0.25, -0.2) is 0 Å². The summed E-state index contributed by atoms with van der Waals surface area (Å²) in [5.74, 6) is 0. The summed E-state index contributed by atoms with van der Waals surface area (Å²) in [4.78, 5) is 0. The van der Waals surface area contributed by atoms with Gasteiger partial charge >= 0.3 is 0 Å². The van der Waals surface area contributed by atoms with E-state index in [9.17, 15) is 0 Å². The zero-order valence-electron chi connectivity index (χ0n) is 8.88. The fourth-order valence-electron chi connectivity index (χ4n) is 2.01. The van der Waals surface area contributed by atoms with Crippen LogP contribution in [-0.2, 0) is 9.47 Å². The Bertz CT molecular complexity index is 141. The summed E-state index contributed by atoms with van der Waals surface area (Å²) in [5, 5.41) is 3.54. The highest BCUT2D eigenvalue weighted by Crippen LogP contribution is 2.21. The molecule has 0 spiro atoms. The Morgan fingerprint density at radius 1 is 1.38 bits per heavy atom. The van der Waals surface area contributed by atoms with E-state index in [0.717, 1.165) is 13.0 Å². The average molecular weight is 187 g/mol. The zero-order valence-corrected chi connectivity index (χ0v) is 8.88. The van der Waals surface area contributed by atoms with Crippen molar-refractivity contribution in [3.8, 4) is 0 Å². The first kappa shape index (κ1) is 11.0. The summed E-state index contributed by atoms with van der Waals surface area (Å²) < 4.78 is 10.4. The van der Waals surface area contributed by atoms with Crippen LogP contribution in [0.2, 0.25) is 0 Å². The van der Waals surface area contributed by atoms with Gasteiger partial charge in [-0.15, -0.1) is 0 Å². The van der Waals surface area contributed by atoms with E-state index < -0.39 is 0 Å². The monoisotopic (exact) mass is 187 g/mol. The van der Waals surface area contributed by atoms with Crippen molar-refractivity contribution in [3.63, 3.8) is 0 Å². The highest BCUT2D eigenvalue weighted by Gasteiger charge is 2.24. The maximum absolute atomic E-state index is 5.31. The van der Waals surface area contributed by atoms with Crippen molar-refractivity contribution < 1.29 is 9.47 Å². The average Bonchev–Trinajstić information content (AvgIpc) is 2.52. The van der Waals surface area contributed by atoms with Gasteiger partial charge in [-0.05, 0) is 26.2 Å². The fourth-order valence-corrected chi connectivity index (χ4v) is 2.01. The van der Waals surface area contributed by atoms with E-state index >= 15 is 0 Å². The summed E-state index contributed by atoms with van der Waals surface area (Å²) in [6.07, 6.45) is 4.03. The van der Waals surface area contributed by atoms with Gasteiger partial charge in [0.25, 0.3) is 0 Å². The molecule has 0 amide bonds. The fraction of sp³-hybridized carbons (Fsp3) is 1.00. The van der Waals surface area contributed by atoms with Crippen LogP contribution in [-0.4, -0.2) is 39.0 Å². The van der Waals surface area contributed by atoms with Gasteiger partial charge in [0.05, 0.1) is 12.7 Å². The molecular formula is C10H21NO2. The molecule has 0 aliphatic heterocycles. The number of ether oxygens (including phenoxy) is 2. The standard InChI is InChI=1S/C10H21NO2/c1-8(7-12-2)11-9-4-5-10(6-9)13-3/h8-11H,4-7H2,1-3H3. The topological polar surface area (TPSA) is 30.5 Å². The van der Waals surface area contributed by atoms with Crippen molar-refractivity contribution in [1.29, 1.82) is 0 Å². The first-order chi connectivity index (χ1) is 6.26. The number of rotatable bonds is 5. The van der Waals surface area contributed by atoms with Crippen LogP contribution >= 0.6 is 0 Å². The minimum atomic E-state index is 0.450. The highest BCUT2D eigenvalue weighted by molar-refractivity contribution is 4.82. The second-order valence-corrected chi connectivity index (χ2v) is 3.89. The van der Waals surface area contributed by atoms with Gasteiger partial charge in [-0.3, -0.25) is 0 Å². The molecule has 1 rings (SSSR count). The zero-order chi connectivity index (χ0) is 9.68. The second-order valence-electron chi connectivity index (χ2n) is 3.89. The molecule has 3 nitrogen and oxygen atoms in total. The van der Waals surface area contributed by atoms with Crippen molar-refractivity contribution in [2.24, 2.45) is 0 Å². The lowest BCUT2D eigenvalue weighted by Gasteiger charge is -2.18. The van der Waals surface area contributed by atoms with Crippen molar-refractivity contribution in [3.05, 3.63) is 0 Å². The molecule has 0 saturated heterocycles. The van der Waals surface area contributed by atoms with Crippen LogP contribution in [0.4, 0.5) is 0 Å². The maximum Gasteiger partial charge on any atom is 0.0613 e. The molecule has 1 aliphatic carbocycles. The van der Waals surface area contributed by atoms with Crippen molar-refractivity contribution >= 4 is 0 Å². The molecule has 0 heterocycles. The summed E-state index contributed by atoms with van der Waals surface area (Å²) in [7, 11) is 3.54. The van der Waals surface area contributed by atoms with E-state index in [0.29, 0.717) is 18.2 Å². The SMILES string of the molecule is COCC(C)NC1CCC(OC)C1. The molecule has 1 saturated carbocycles. The molecule has 0 bridgehead atoms. The Kier molecular flexibility index (Phi) is 4.70. The Balaban J connectivity index is 2.16. The van der Waals surface area contributed by atoms with Gasteiger partial charge in [0.1, 0.15) is 0 Å². The van der Waals surface area contributed by atoms with Crippen LogP contribution in [0.15, 0.2) is 0 Å². The predicted octanol–water partition coefficient (Wildman–Crippen LogP) is 1.18. The van der Waals surface area contributed by atoms with Gasteiger partial charge in [0.2, 0.25) is 0 Å². The van der Waals surface area contributed by atoms with Gasteiger partial charge in [0, 0.05) is 26.3 Å². The molecule has 0 aromatic heterocycles. The number of hydrogen-bond acceptors (Lipinski definition) is 3. The van der Waals surface area contributed by atoms with E-state index in [1.807, 2.05) is 0 Å². The van der Waals surface area contributed by atoms with Crippen LogP contribution in [0.3, 0.4) is 0 Å². The normalized spacial score (nSPS) is 30.7. The van der Waals surface area contributed by atoms with Gasteiger partial charge in [-0.2, -0.15) is 0 Å². The molecule has 0 aromatic rings. The van der Waals surface area contributed by atoms with E-state index in [1.165, 1.54) is 12.8 Å². The lowest BCUT2D eigenvalue weighted by atomic mass is 10.2. The molecule has 0 radical (unpaired) electrons. The Morgan fingerprint density at radius 2 is 2.15 bits per heavy atom.